The van der Waals surface area contributed by atoms with Crippen molar-refractivity contribution in [3.05, 3.63) is 82.7 Å². The maximum Gasteiger partial charge on any atom is 0.321 e. The van der Waals surface area contributed by atoms with E-state index in [0.717, 1.165) is 21.5 Å². The van der Waals surface area contributed by atoms with Crippen molar-refractivity contribution in [2.24, 2.45) is 0 Å². The van der Waals surface area contributed by atoms with E-state index in [1.807, 2.05) is 41.8 Å². The van der Waals surface area contributed by atoms with E-state index in [4.69, 9.17) is 4.74 Å². The molecule has 6 nitrogen and oxygen atoms in total. The van der Waals surface area contributed by atoms with Crippen LogP contribution in [0.4, 0.5) is 0 Å². The Labute approximate surface area is 167 Å². The van der Waals surface area contributed by atoms with Crippen molar-refractivity contribution in [1.29, 1.82) is 0 Å². The van der Waals surface area contributed by atoms with Crippen LogP contribution in [0, 0.1) is 0 Å². The number of nitrogens with one attached hydrogen (secondary N) is 1. The van der Waals surface area contributed by atoms with Crippen molar-refractivity contribution < 1.29 is 17.9 Å². The van der Waals surface area contributed by atoms with Gasteiger partial charge in [-0.3, -0.25) is 4.79 Å². The van der Waals surface area contributed by atoms with Crippen LogP contribution in [0.5, 0.6) is 0 Å². The predicted molar refractivity (Wildman–Crippen MR) is 110 cm³/mol. The molecule has 0 fully saturated rings. The molecule has 144 valence electrons. The van der Waals surface area contributed by atoms with Crippen LogP contribution in [0.3, 0.4) is 0 Å². The fourth-order valence-corrected chi connectivity index (χ4v) is 3.79. The number of hydrogen-bond donors (Lipinski definition) is 1. The molecule has 0 saturated carbocycles. The summed E-state index contributed by atoms with van der Waals surface area (Å²) in [4.78, 5) is 16.2. The molecule has 2 aromatic carbocycles. The van der Waals surface area contributed by atoms with Gasteiger partial charge in [-0.25, -0.2) is 18.1 Å². The molecule has 0 amide bonds. The number of thiazole rings is 1. The van der Waals surface area contributed by atoms with Crippen molar-refractivity contribution in [3.63, 3.8) is 0 Å². The molecule has 0 aliphatic carbocycles. The Balaban J connectivity index is 1.47. The Kier molecular flexibility index (Phi) is 6.70. The largest absolute Gasteiger partial charge is 0.458 e. The molecule has 0 aliphatic rings. The summed E-state index contributed by atoms with van der Waals surface area (Å²) < 4.78 is 31.1. The van der Waals surface area contributed by atoms with E-state index in [-0.39, 0.29) is 6.61 Å². The maximum atomic E-state index is 11.9. The van der Waals surface area contributed by atoms with Crippen molar-refractivity contribution in [2.45, 2.75) is 6.61 Å². The molecule has 0 bridgehead atoms. The second-order valence-corrected chi connectivity index (χ2v) is 8.26. The van der Waals surface area contributed by atoms with Gasteiger partial charge in [-0.05, 0) is 11.6 Å². The topological polar surface area (TPSA) is 85.4 Å². The third-order valence-electron chi connectivity index (χ3n) is 3.61. The smallest absolute Gasteiger partial charge is 0.321 e. The van der Waals surface area contributed by atoms with Crippen LogP contribution in [0.1, 0.15) is 11.3 Å². The van der Waals surface area contributed by atoms with E-state index < -0.39 is 22.5 Å². The van der Waals surface area contributed by atoms with Crippen LogP contribution in [-0.4, -0.2) is 25.9 Å². The summed E-state index contributed by atoms with van der Waals surface area (Å²) in [6, 6.07) is 18.7. The molecule has 0 radical (unpaired) electrons. The number of benzene rings is 2. The van der Waals surface area contributed by atoms with Crippen LogP contribution >= 0.6 is 11.3 Å². The molecule has 3 rings (SSSR count). The number of esters is 1. The average molecular weight is 415 g/mol. The monoisotopic (exact) mass is 414 g/mol. The summed E-state index contributed by atoms with van der Waals surface area (Å²) in [5.74, 6) is -0.675. The lowest BCUT2D eigenvalue weighted by Crippen LogP contribution is -2.29. The van der Waals surface area contributed by atoms with Gasteiger partial charge in [0.05, 0.1) is 5.69 Å². The number of carbonyl (C=O) groups is 1. The second kappa shape index (κ2) is 9.41. The second-order valence-electron chi connectivity index (χ2n) is 5.75. The lowest BCUT2D eigenvalue weighted by Gasteiger charge is -2.04. The summed E-state index contributed by atoms with van der Waals surface area (Å²) in [5.41, 5.74) is 2.35. The van der Waals surface area contributed by atoms with Crippen LogP contribution in [0.15, 0.2) is 71.5 Å². The van der Waals surface area contributed by atoms with E-state index >= 15 is 0 Å². The highest BCUT2D eigenvalue weighted by Crippen LogP contribution is 2.23. The first-order chi connectivity index (χ1) is 13.5. The van der Waals surface area contributed by atoms with Crippen LogP contribution in [0.2, 0.25) is 0 Å². The summed E-state index contributed by atoms with van der Waals surface area (Å²) in [7, 11) is -3.73. The molecular weight excluding hydrogens is 396 g/mol. The standard InChI is InChI=1S/C20H18N2O4S2/c23-19(13-21-28(24,25)12-11-16-7-3-1-4-8-16)26-14-18-15-27-20(22-18)17-9-5-2-6-10-17/h1-12,15,21H,13-14H2/b12-11+. The normalized spacial score (nSPS) is 11.6. The minimum Gasteiger partial charge on any atom is -0.458 e. The van der Waals surface area contributed by atoms with Gasteiger partial charge in [0.1, 0.15) is 18.2 Å². The summed E-state index contributed by atoms with van der Waals surface area (Å²) in [6.07, 6.45) is 1.45. The first-order valence-corrected chi connectivity index (χ1v) is 10.8. The van der Waals surface area contributed by atoms with E-state index in [1.165, 1.54) is 17.4 Å². The number of carbonyl (C=O) groups excluding carboxylic acids is 1. The van der Waals surface area contributed by atoms with Crippen molar-refractivity contribution >= 4 is 33.4 Å². The van der Waals surface area contributed by atoms with Gasteiger partial charge in [0.15, 0.2) is 0 Å². The Morgan fingerprint density at radius 1 is 1.07 bits per heavy atom. The molecule has 0 aliphatic heterocycles. The average Bonchev–Trinajstić information content (AvgIpc) is 3.20. The Morgan fingerprint density at radius 3 is 2.46 bits per heavy atom. The molecule has 0 saturated heterocycles. The molecule has 1 N–H and O–H groups in total. The fraction of sp³-hybridized carbons (Fsp3) is 0.100. The maximum absolute atomic E-state index is 11.9. The highest BCUT2D eigenvalue weighted by atomic mass is 32.2. The van der Waals surface area contributed by atoms with Gasteiger partial charge in [0, 0.05) is 16.4 Å². The Morgan fingerprint density at radius 2 is 1.75 bits per heavy atom. The van der Waals surface area contributed by atoms with E-state index in [0.29, 0.717) is 5.69 Å². The summed E-state index contributed by atoms with van der Waals surface area (Å²) in [5, 5.41) is 3.66. The Hall–Kier alpha value is -2.81. The zero-order chi connectivity index (χ0) is 19.8. The van der Waals surface area contributed by atoms with Gasteiger partial charge in [0.25, 0.3) is 0 Å². The number of hydrogen-bond acceptors (Lipinski definition) is 6. The van der Waals surface area contributed by atoms with Gasteiger partial charge >= 0.3 is 5.97 Å². The highest BCUT2D eigenvalue weighted by Gasteiger charge is 2.11. The molecule has 3 aromatic rings. The van der Waals surface area contributed by atoms with Crippen molar-refractivity contribution in [2.75, 3.05) is 6.54 Å². The third-order valence-corrected chi connectivity index (χ3v) is 5.59. The first kappa shape index (κ1) is 19.9. The van der Waals surface area contributed by atoms with Crippen LogP contribution in [0.25, 0.3) is 16.6 Å². The minimum absolute atomic E-state index is 0.0102. The molecule has 0 spiro atoms. The van der Waals surface area contributed by atoms with Crippen molar-refractivity contribution in [1.82, 2.24) is 9.71 Å². The molecule has 28 heavy (non-hydrogen) atoms. The van der Waals surface area contributed by atoms with Gasteiger partial charge in [-0.1, -0.05) is 60.7 Å². The molecule has 8 heteroatoms. The molecule has 1 heterocycles. The number of nitrogens with zero attached hydrogens (tertiary/aromatic N) is 1. The van der Waals surface area contributed by atoms with Gasteiger partial charge in [-0.15, -0.1) is 11.3 Å². The molecule has 1 aromatic heterocycles. The molecule has 0 atom stereocenters. The quantitative estimate of drug-likeness (QED) is 0.571. The number of sulfonamides is 1. The fourth-order valence-electron chi connectivity index (χ4n) is 2.23. The zero-order valence-electron chi connectivity index (χ0n) is 14.8. The lowest BCUT2D eigenvalue weighted by molar-refractivity contribution is -0.143. The van der Waals surface area contributed by atoms with E-state index in [2.05, 4.69) is 9.71 Å². The van der Waals surface area contributed by atoms with Gasteiger partial charge < -0.3 is 4.74 Å². The molecular formula is C20H18N2O4S2. The summed E-state index contributed by atoms with van der Waals surface area (Å²) >= 11 is 1.45. The van der Waals surface area contributed by atoms with Crippen LogP contribution in [-0.2, 0) is 26.2 Å². The van der Waals surface area contributed by atoms with E-state index in [9.17, 15) is 13.2 Å². The predicted octanol–water partition coefficient (Wildman–Crippen LogP) is 3.44. The van der Waals surface area contributed by atoms with Crippen LogP contribution < -0.4 is 4.72 Å². The van der Waals surface area contributed by atoms with Gasteiger partial charge in [0.2, 0.25) is 10.0 Å². The first-order valence-electron chi connectivity index (χ1n) is 8.40. The number of ether oxygens (including phenoxy) is 1. The van der Waals surface area contributed by atoms with E-state index in [1.54, 1.807) is 24.3 Å². The number of aromatic nitrogens is 1. The zero-order valence-corrected chi connectivity index (χ0v) is 16.4. The van der Waals surface area contributed by atoms with Crippen molar-refractivity contribution in [3.8, 4) is 10.6 Å². The Bertz CT molecular complexity index is 1050. The molecule has 0 unspecified atom stereocenters. The lowest BCUT2D eigenvalue weighted by atomic mass is 10.2. The minimum atomic E-state index is -3.73. The number of rotatable bonds is 8. The third kappa shape index (κ3) is 6.12. The SMILES string of the molecule is O=C(CNS(=O)(=O)/C=C/c1ccccc1)OCc1csc(-c2ccccc2)n1. The summed E-state index contributed by atoms with van der Waals surface area (Å²) in [6.45, 7) is -0.457. The van der Waals surface area contributed by atoms with Gasteiger partial charge in [-0.2, -0.15) is 0 Å². The highest BCUT2D eigenvalue weighted by molar-refractivity contribution is 7.92.